The Kier molecular flexibility index (Phi) is 5.93. The second-order valence-electron chi connectivity index (χ2n) is 8.93. The number of carbonyl (C=O) groups is 1. The van der Waals surface area contributed by atoms with Gasteiger partial charge in [0, 0.05) is 19.0 Å². The largest absolute Gasteiger partial charge is 0.302 e. The van der Waals surface area contributed by atoms with Gasteiger partial charge >= 0.3 is 0 Å². The maximum atomic E-state index is 12.9. The van der Waals surface area contributed by atoms with Crippen molar-refractivity contribution in [1.82, 2.24) is 9.55 Å². The Labute approximate surface area is 193 Å². The molecule has 0 saturated carbocycles. The second kappa shape index (κ2) is 8.84. The molecule has 0 amide bonds. The monoisotopic (exact) mass is 435 g/mol. The predicted octanol–water partition coefficient (Wildman–Crippen LogP) is 4.75. The number of hydrogen-bond acceptors (Lipinski definition) is 4. The second-order valence-corrected chi connectivity index (χ2v) is 8.93. The highest BCUT2D eigenvalue weighted by Gasteiger charge is 2.21. The van der Waals surface area contributed by atoms with Crippen molar-refractivity contribution in [3.63, 3.8) is 0 Å². The average Bonchev–Trinajstić information content (AvgIpc) is 2.82. The Bertz CT molecular complexity index is 1460. The number of Topliss-reactive ketones (excluding diaryl/α,β-unsaturated/α-hetero) is 1. The number of hydrogen-bond donors (Lipinski definition) is 0. The Hall–Kier alpha value is -4.04. The number of nitrogens with zero attached hydrogens (tertiary/aromatic N) is 3. The van der Waals surface area contributed by atoms with Crippen molar-refractivity contribution in [2.24, 2.45) is 7.05 Å². The summed E-state index contributed by atoms with van der Waals surface area (Å²) >= 11 is 0. The highest BCUT2D eigenvalue weighted by atomic mass is 16.1. The van der Waals surface area contributed by atoms with Gasteiger partial charge in [-0.1, -0.05) is 48.5 Å². The number of carbonyl (C=O) groups excluding carboxylic acids is 1. The molecule has 164 valence electrons. The number of fused-ring (bicyclic) bond motifs is 1. The van der Waals surface area contributed by atoms with Crippen LogP contribution in [0.5, 0.6) is 0 Å². The lowest BCUT2D eigenvalue weighted by Crippen LogP contribution is -2.17. The van der Waals surface area contributed by atoms with E-state index in [1.165, 1.54) is 10.9 Å². The summed E-state index contributed by atoms with van der Waals surface area (Å²) in [6.07, 6.45) is 2.47. The lowest BCUT2D eigenvalue weighted by atomic mass is 9.85. The Morgan fingerprint density at radius 1 is 1.00 bits per heavy atom. The van der Waals surface area contributed by atoms with Gasteiger partial charge in [-0.15, -0.1) is 0 Å². The molecule has 5 nitrogen and oxygen atoms in total. The van der Waals surface area contributed by atoms with Crippen LogP contribution < -0.4 is 5.56 Å². The van der Waals surface area contributed by atoms with Gasteiger partial charge in [0.1, 0.15) is 0 Å². The van der Waals surface area contributed by atoms with E-state index in [0.717, 1.165) is 22.3 Å². The molecule has 0 radical (unpaired) electrons. The Morgan fingerprint density at radius 2 is 1.73 bits per heavy atom. The molecule has 0 aliphatic carbocycles. The van der Waals surface area contributed by atoms with Crippen molar-refractivity contribution in [1.29, 1.82) is 5.26 Å². The third kappa shape index (κ3) is 4.75. The van der Waals surface area contributed by atoms with Crippen LogP contribution in [0.2, 0.25) is 0 Å². The molecular formula is C28H25N3O2. The zero-order chi connectivity index (χ0) is 23.6. The first kappa shape index (κ1) is 22.2. The van der Waals surface area contributed by atoms with Crippen LogP contribution in [-0.2, 0) is 25.3 Å². The summed E-state index contributed by atoms with van der Waals surface area (Å²) in [7, 11) is 1.69. The molecule has 0 bridgehead atoms. The van der Waals surface area contributed by atoms with Crippen LogP contribution >= 0.6 is 0 Å². The minimum absolute atomic E-state index is 0.0167. The minimum Gasteiger partial charge on any atom is -0.302 e. The summed E-state index contributed by atoms with van der Waals surface area (Å²) in [4.78, 5) is 29.7. The quantitative estimate of drug-likeness (QED) is 0.410. The standard InChI is InChI=1S/C28H25N3O2/c1-28(2,17-29)23-9-5-8-22(16-23)26(32)15-20-7-4-6-19(12-20)13-21-10-11-25-24(14-21)27(33)31(3)18-30-25/h4-12,14,16,18H,13,15H2,1-3H3. The molecule has 3 aromatic carbocycles. The first-order valence-electron chi connectivity index (χ1n) is 10.8. The highest BCUT2D eigenvalue weighted by molar-refractivity contribution is 5.97. The van der Waals surface area contributed by atoms with Gasteiger partial charge in [0.25, 0.3) is 5.56 Å². The molecule has 4 rings (SSSR count). The summed E-state index contributed by atoms with van der Waals surface area (Å²) in [5.41, 5.74) is 4.43. The van der Waals surface area contributed by atoms with Crippen LogP contribution in [0.3, 0.4) is 0 Å². The number of ketones is 1. The van der Waals surface area contributed by atoms with Gasteiger partial charge < -0.3 is 4.57 Å². The molecule has 0 aliphatic heterocycles. The summed E-state index contributed by atoms with van der Waals surface area (Å²) in [6, 6.07) is 23.3. The van der Waals surface area contributed by atoms with Crippen molar-refractivity contribution in [3.8, 4) is 6.07 Å². The molecule has 1 aromatic heterocycles. The third-order valence-corrected chi connectivity index (χ3v) is 5.93. The van der Waals surface area contributed by atoms with E-state index in [0.29, 0.717) is 22.9 Å². The summed E-state index contributed by atoms with van der Waals surface area (Å²) < 4.78 is 1.48. The van der Waals surface area contributed by atoms with E-state index in [9.17, 15) is 14.9 Å². The highest BCUT2D eigenvalue weighted by Crippen LogP contribution is 2.24. The maximum Gasteiger partial charge on any atom is 0.260 e. The Morgan fingerprint density at radius 3 is 2.52 bits per heavy atom. The van der Waals surface area contributed by atoms with Crippen LogP contribution in [0.1, 0.15) is 46.5 Å². The molecule has 0 fully saturated rings. The number of rotatable bonds is 6. The zero-order valence-corrected chi connectivity index (χ0v) is 19.0. The number of aryl methyl sites for hydroxylation is 1. The molecule has 0 spiro atoms. The first-order valence-corrected chi connectivity index (χ1v) is 10.8. The van der Waals surface area contributed by atoms with Crippen LogP contribution in [-0.4, -0.2) is 15.3 Å². The van der Waals surface area contributed by atoms with Gasteiger partial charge in [-0.25, -0.2) is 4.98 Å². The van der Waals surface area contributed by atoms with Crippen LogP contribution in [0.25, 0.3) is 10.9 Å². The Balaban J connectivity index is 1.54. The fraction of sp³-hybridized carbons (Fsp3) is 0.214. The molecule has 1 heterocycles. The normalized spacial score (nSPS) is 11.3. The summed E-state index contributed by atoms with van der Waals surface area (Å²) in [6.45, 7) is 3.69. The smallest absolute Gasteiger partial charge is 0.260 e. The van der Waals surface area contributed by atoms with E-state index in [2.05, 4.69) is 11.1 Å². The van der Waals surface area contributed by atoms with E-state index in [-0.39, 0.29) is 17.8 Å². The fourth-order valence-electron chi connectivity index (χ4n) is 3.89. The summed E-state index contributed by atoms with van der Waals surface area (Å²) in [5, 5.41) is 9.99. The molecular weight excluding hydrogens is 410 g/mol. The zero-order valence-electron chi connectivity index (χ0n) is 19.0. The van der Waals surface area contributed by atoms with Gasteiger partial charge in [0.2, 0.25) is 0 Å². The van der Waals surface area contributed by atoms with Gasteiger partial charge in [0.05, 0.1) is 28.7 Å². The first-order chi connectivity index (χ1) is 15.8. The third-order valence-electron chi connectivity index (χ3n) is 5.93. The molecule has 0 saturated heterocycles. The van der Waals surface area contributed by atoms with Crippen molar-refractivity contribution >= 4 is 16.7 Å². The molecule has 0 atom stereocenters. The molecule has 5 heteroatoms. The topological polar surface area (TPSA) is 75.8 Å². The number of aromatic nitrogens is 2. The van der Waals surface area contributed by atoms with E-state index in [4.69, 9.17) is 0 Å². The molecule has 0 aliphatic rings. The van der Waals surface area contributed by atoms with E-state index >= 15 is 0 Å². The molecule has 0 N–H and O–H groups in total. The number of nitriles is 1. The average molecular weight is 436 g/mol. The van der Waals surface area contributed by atoms with E-state index < -0.39 is 5.41 Å². The number of benzene rings is 3. The van der Waals surface area contributed by atoms with E-state index in [1.807, 2.05) is 74.5 Å². The van der Waals surface area contributed by atoms with Gasteiger partial charge in [0.15, 0.2) is 5.78 Å². The fourth-order valence-corrected chi connectivity index (χ4v) is 3.89. The summed E-state index contributed by atoms with van der Waals surface area (Å²) in [5.74, 6) is 0.0167. The molecule has 0 unspecified atom stereocenters. The minimum atomic E-state index is -0.646. The van der Waals surface area contributed by atoms with Crippen molar-refractivity contribution in [3.05, 3.63) is 111 Å². The lowest BCUT2D eigenvalue weighted by Gasteiger charge is -2.16. The predicted molar refractivity (Wildman–Crippen MR) is 129 cm³/mol. The van der Waals surface area contributed by atoms with Crippen molar-refractivity contribution in [2.75, 3.05) is 0 Å². The van der Waals surface area contributed by atoms with Gasteiger partial charge in [-0.2, -0.15) is 5.26 Å². The lowest BCUT2D eigenvalue weighted by molar-refractivity contribution is 0.0993. The van der Waals surface area contributed by atoms with Crippen molar-refractivity contribution in [2.45, 2.75) is 32.1 Å². The van der Waals surface area contributed by atoms with Gasteiger partial charge in [-0.05, 0) is 60.7 Å². The SMILES string of the molecule is Cn1cnc2ccc(Cc3cccc(CC(=O)c4cccc(C(C)(C)C#N)c4)c3)cc2c1=O. The molecule has 4 aromatic rings. The van der Waals surface area contributed by atoms with Crippen LogP contribution in [0, 0.1) is 11.3 Å². The van der Waals surface area contributed by atoms with Crippen LogP contribution in [0.15, 0.2) is 77.9 Å². The van der Waals surface area contributed by atoms with Gasteiger partial charge in [-0.3, -0.25) is 9.59 Å². The van der Waals surface area contributed by atoms with E-state index in [1.54, 1.807) is 13.1 Å². The maximum absolute atomic E-state index is 12.9. The van der Waals surface area contributed by atoms with Crippen molar-refractivity contribution < 1.29 is 4.79 Å². The van der Waals surface area contributed by atoms with Crippen LogP contribution in [0.4, 0.5) is 0 Å². The molecule has 33 heavy (non-hydrogen) atoms.